The Morgan fingerprint density at radius 3 is 1.57 bits per heavy atom. The van der Waals surface area contributed by atoms with E-state index in [-0.39, 0.29) is 0 Å². The molecule has 0 bridgehead atoms. The van der Waals surface area contributed by atoms with E-state index >= 15 is 0 Å². The molecule has 0 amide bonds. The van der Waals surface area contributed by atoms with Gasteiger partial charge in [-0.05, 0) is 80.9 Å². The van der Waals surface area contributed by atoms with Crippen molar-refractivity contribution in [2.24, 2.45) is 0 Å². The van der Waals surface area contributed by atoms with Crippen LogP contribution in [0.4, 0.5) is 17.1 Å². The van der Waals surface area contributed by atoms with Gasteiger partial charge in [-0.25, -0.2) is 0 Å². The Labute approximate surface area is 327 Å². The van der Waals surface area contributed by atoms with Gasteiger partial charge in [-0.1, -0.05) is 188 Å². The maximum Gasteiger partial charge on any atom is 0.143 e. The largest absolute Gasteiger partial charge is 0.455 e. The molecule has 0 radical (unpaired) electrons. The van der Waals surface area contributed by atoms with Crippen LogP contribution in [0.3, 0.4) is 0 Å². The van der Waals surface area contributed by atoms with Gasteiger partial charge >= 0.3 is 0 Å². The molecule has 0 saturated carbocycles. The molecule has 9 aromatic carbocycles. The Morgan fingerprint density at radius 2 is 0.821 bits per heavy atom. The first-order valence-electron chi connectivity index (χ1n) is 19.1. The Balaban J connectivity index is 1.23. The third kappa shape index (κ3) is 6.04. The van der Waals surface area contributed by atoms with Crippen LogP contribution in [0, 0.1) is 0 Å². The zero-order valence-corrected chi connectivity index (χ0v) is 30.7. The van der Waals surface area contributed by atoms with Gasteiger partial charge in [0.05, 0.1) is 5.69 Å². The first-order valence-corrected chi connectivity index (χ1v) is 19.1. The molecule has 10 rings (SSSR count). The minimum atomic E-state index is 0.894. The monoisotopic (exact) mass is 715 g/mol. The Bertz CT molecular complexity index is 2950. The van der Waals surface area contributed by atoms with E-state index in [1.165, 1.54) is 33.4 Å². The Hall–Kier alpha value is -7.42. The van der Waals surface area contributed by atoms with Gasteiger partial charge in [-0.3, -0.25) is 0 Å². The summed E-state index contributed by atoms with van der Waals surface area (Å²) in [4.78, 5) is 2.42. The average molecular weight is 716 g/mol. The number of benzene rings is 9. The molecule has 2 heteroatoms. The molecular weight excluding hydrogens is 679 g/mol. The summed E-state index contributed by atoms with van der Waals surface area (Å²) in [6.45, 7) is 0. The van der Waals surface area contributed by atoms with Crippen LogP contribution in [0.2, 0.25) is 0 Å². The van der Waals surface area contributed by atoms with Crippen LogP contribution >= 0.6 is 0 Å². The molecule has 2 nitrogen and oxygen atoms in total. The molecule has 1 aromatic heterocycles. The van der Waals surface area contributed by atoms with E-state index in [0.29, 0.717) is 0 Å². The highest BCUT2D eigenvalue weighted by Crippen LogP contribution is 2.49. The first kappa shape index (κ1) is 33.2. The summed E-state index contributed by atoms with van der Waals surface area (Å²) in [7, 11) is 0. The molecule has 0 spiro atoms. The standard InChI is InChI=1S/C54H37NO/c1-4-17-38(18-5-1)39-33-35-43(36-34-39)55(44-24-14-23-42(37-44)47-29-15-30-50-48-26-12-13-32-52(48)56-54(47)50)51-31-16-28-46(41-21-8-3-9-22-41)53(51)49-27-11-10-25-45(49)40-19-6-2-7-20-40/h1-37H. The van der Waals surface area contributed by atoms with E-state index in [9.17, 15) is 0 Å². The number of furan rings is 1. The summed E-state index contributed by atoms with van der Waals surface area (Å²) in [5, 5.41) is 2.24. The van der Waals surface area contributed by atoms with Crippen molar-refractivity contribution < 1.29 is 4.42 Å². The summed E-state index contributed by atoms with van der Waals surface area (Å²) in [5.41, 5.74) is 16.5. The molecule has 56 heavy (non-hydrogen) atoms. The van der Waals surface area contributed by atoms with E-state index in [0.717, 1.165) is 61.3 Å². The van der Waals surface area contributed by atoms with Crippen molar-refractivity contribution >= 4 is 39.0 Å². The second kappa shape index (κ2) is 14.4. The maximum absolute atomic E-state index is 6.55. The fraction of sp³-hybridized carbons (Fsp3) is 0. The number of rotatable bonds is 8. The van der Waals surface area contributed by atoms with Crippen LogP contribution in [0.25, 0.3) is 77.6 Å². The molecule has 0 aliphatic rings. The van der Waals surface area contributed by atoms with E-state index in [1.54, 1.807) is 0 Å². The fourth-order valence-electron chi connectivity index (χ4n) is 8.09. The number of fused-ring (bicyclic) bond motifs is 3. The van der Waals surface area contributed by atoms with Gasteiger partial charge < -0.3 is 9.32 Å². The van der Waals surface area contributed by atoms with Crippen LogP contribution < -0.4 is 4.90 Å². The lowest BCUT2D eigenvalue weighted by Gasteiger charge is -2.30. The predicted molar refractivity (Wildman–Crippen MR) is 236 cm³/mol. The second-order valence-corrected chi connectivity index (χ2v) is 14.1. The molecule has 264 valence electrons. The zero-order chi connectivity index (χ0) is 37.3. The topological polar surface area (TPSA) is 16.4 Å². The average Bonchev–Trinajstić information content (AvgIpc) is 3.67. The van der Waals surface area contributed by atoms with Gasteiger partial charge in [0.15, 0.2) is 0 Å². The summed E-state index contributed by atoms with van der Waals surface area (Å²) < 4.78 is 6.55. The normalized spacial score (nSPS) is 11.2. The van der Waals surface area contributed by atoms with Gasteiger partial charge in [-0.15, -0.1) is 0 Å². The molecule has 0 saturated heterocycles. The molecule has 0 aliphatic carbocycles. The van der Waals surface area contributed by atoms with Crippen molar-refractivity contribution in [3.05, 3.63) is 224 Å². The molecule has 0 N–H and O–H groups in total. The number of hydrogen-bond acceptors (Lipinski definition) is 2. The summed E-state index contributed by atoms with van der Waals surface area (Å²) in [6.07, 6.45) is 0. The molecule has 0 aliphatic heterocycles. The summed E-state index contributed by atoms with van der Waals surface area (Å²) >= 11 is 0. The summed E-state index contributed by atoms with van der Waals surface area (Å²) in [5.74, 6) is 0. The van der Waals surface area contributed by atoms with Crippen LogP contribution in [-0.4, -0.2) is 0 Å². The van der Waals surface area contributed by atoms with Crippen LogP contribution in [0.1, 0.15) is 0 Å². The predicted octanol–water partition coefficient (Wildman–Crippen LogP) is 15.4. The molecule has 10 aromatic rings. The first-order chi connectivity index (χ1) is 27.8. The fourth-order valence-corrected chi connectivity index (χ4v) is 8.09. The SMILES string of the molecule is c1ccc(-c2ccc(N(c3cccc(-c4cccc5c4oc4ccccc45)c3)c3cccc(-c4ccccc4)c3-c3ccccc3-c3ccccc3)cc2)cc1. The molecule has 0 fully saturated rings. The third-order valence-corrected chi connectivity index (χ3v) is 10.7. The lowest BCUT2D eigenvalue weighted by Crippen LogP contribution is -2.12. The van der Waals surface area contributed by atoms with Crippen molar-refractivity contribution in [2.75, 3.05) is 4.90 Å². The van der Waals surface area contributed by atoms with Crippen LogP contribution in [-0.2, 0) is 0 Å². The van der Waals surface area contributed by atoms with E-state index in [2.05, 4.69) is 217 Å². The Kier molecular flexibility index (Phi) is 8.55. The van der Waals surface area contributed by atoms with Crippen molar-refractivity contribution in [3.63, 3.8) is 0 Å². The highest BCUT2D eigenvalue weighted by molar-refractivity contribution is 6.10. The Morgan fingerprint density at radius 1 is 0.304 bits per heavy atom. The van der Waals surface area contributed by atoms with Gasteiger partial charge in [0.25, 0.3) is 0 Å². The molecular formula is C54H37NO. The molecule has 0 atom stereocenters. The van der Waals surface area contributed by atoms with Crippen LogP contribution in [0.15, 0.2) is 229 Å². The minimum absolute atomic E-state index is 0.894. The van der Waals surface area contributed by atoms with Crippen molar-refractivity contribution in [3.8, 4) is 55.6 Å². The highest BCUT2D eigenvalue weighted by Gasteiger charge is 2.23. The summed E-state index contributed by atoms with van der Waals surface area (Å²) in [6, 6.07) is 80.1. The smallest absolute Gasteiger partial charge is 0.143 e. The number of hydrogen-bond donors (Lipinski definition) is 0. The van der Waals surface area contributed by atoms with Crippen LogP contribution in [0.5, 0.6) is 0 Å². The molecule has 1 heterocycles. The van der Waals surface area contributed by atoms with Crippen molar-refractivity contribution in [1.29, 1.82) is 0 Å². The lowest BCUT2D eigenvalue weighted by atomic mass is 9.87. The van der Waals surface area contributed by atoms with E-state index in [4.69, 9.17) is 4.42 Å². The maximum atomic E-state index is 6.55. The van der Waals surface area contributed by atoms with Gasteiger partial charge in [0, 0.05) is 33.3 Å². The highest BCUT2D eigenvalue weighted by atomic mass is 16.3. The van der Waals surface area contributed by atoms with Crippen molar-refractivity contribution in [2.45, 2.75) is 0 Å². The second-order valence-electron chi connectivity index (χ2n) is 14.1. The zero-order valence-electron chi connectivity index (χ0n) is 30.7. The van der Waals surface area contributed by atoms with E-state index in [1.807, 2.05) is 12.1 Å². The number of nitrogens with zero attached hydrogens (tertiary/aromatic N) is 1. The third-order valence-electron chi connectivity index (χ3n) is 10.7. The quantitative estimate of drug-likeness (QED) is 0.156. The van der Waals surface area contributed by atoms with E-state index < -0.39 is 0 Å². The minimum Gasteiger partial charge on any atom is -0.455 e. The van der Waals surface area contributed by atoms with Gasteiger partial charge in [0.1, 0.15) is 11.2 Å². The van der Waals surface area contributed by atoms with Gasteiger partial charge in [-0.2, -0.15) is 0 Å². The van der Waals surface area contributed by atoms with Crippen molar-refractivity contribution in [1.82, 2.24) is 0 Å². The molecule has 0 unspecified atom stereocenters. The number of anilines is 3. The number of para-hydroxylation sites is 2. The lowest BCUT2D eigenvalue weighted by molar-refractivity contribution is 0.670. The van der Waals surface area contributed by atoms with Gasteiger partial charge in [0.2, 0.25) is 0 Å².